The fourth-order valence-corrected chi connectivity index (χ4v) is 3.00. The highest BCUT2D eigenvalue weighted by molar-refractivity contribution is 7.33. The molecule has 25 heavy (non-hydrogen) atoms. The molecular weight excluding hydrogens is 343 g/mol. The molecule has 2 unspecified atom stereocenters. The summed E-state index contributed by atoms with van der Waals surface area (Å²) in [6, 6.07) is 13.8. The molecule has 0 saturated carbocycles. The number of benzene rings is 2. The van der Waals surface area contributed by atoms with Crippen molar-refractivity contribution in [1.29, 1.82) is 0 Å². The zero-order valence-electron chi connectivity index (χ0n) is 14.3. The lowest BCUT2D eigenvalue weighted by atomic mass is 9.98. The minimum absolute atomic E-state index is 0.211. The molecule has 0 aromatic heterocycles. The van der Waals surface area contributed by atoms with E-state index in [1.54, 1.807) is 49.4 Å². The second-order valence-corrected chi connectivity index (χ2v) is 5.86. The summed E-state index contributed by atoms with van der Waals surface area (Å²) in [6.07, 6.45) is -1.11. The van der Waals surface area contributed by atoms with Crippen LogP contribution < -0.4 is 9.47 Å². The Balaban J connectivity index is 2.47. The molecule has 7 heteroatoms. The third-order valence-electron chi connectivity index (χ3n) is 3.44. The average molecular weight is 363 g/mol. The number of ether oxygens (including phenoxy) is 2. The molecule has 0 aliphatic carbocycles. The molecule has 0 aliphatic rings. The van der Waals surface area contributed by atoms with E-state index in [0.29, 0.717) is 17.1 Å². The Bertz CT molecular complexity index is 709. The lowest BCUT2D eigenvalue weighted by molar-refractivity contribution is 0.0762. The largest absolute Gasteiger partial charge is 0.698 e. The Morgan fingerprint density at radius 2 is 1.60 bits per heavy atom. The van der Waals surface area contributed by atoms with Gasteiger partial charge in [0.05, 0.1) is 14.2 Å². The van der Waals surface area contributed by atoms with Crippen molar-refractivity contribution in [3.8, 4) is 11.5 Å². The molecule has 0 saturated heterocycles. The number of carbonyl (C=O) groups excluding carboxylic acids is 1. The number of rotatable bonds is 9. The van der Waals surface area contributed by atoms with Gasteiger partial charge < -0.3 is 9.47 Å². The summed E-state index contributed by atoms with van der Waals surface area (Å²) in [6.45, 7) is 1.90. The van der Waals surface area contributed by atoms with Crippen molar-refractivity contribution in [2.75, 3.05) is 20.8 Å². The Labute approximate surface area is 147 Å². The summed E-state index contributed by atoms with van der Waals surface area (Å²) in [7, 11) is 0.479. The standard InChI is InChI=1S/C18H20O6P/c1-4-23-25(20)24-18(13-9-6-5-7-10-13)17(19)16-14(21-2)11-8-12-15(16)22-3/h5-12,18H,4H2,1-3H3/q+1. The highest BCUT2D eigenvalue weighted by atomic mass is 31.1. The van der Waals surface area contributed by atoms with E-state index < -0.39 is 20.1 Å². The first-order chi connectivity index (χ1) is 12.1. The smallest absolute Gasteiger partial charge is 0.496 e. The zero-order valence-corrected chi connectivity index (χ0v) is 15.2. The van der Waals surface area contributed by atoms with Crippen LogP contribution in [0.25, 0.3) is 0 Å². The Kier molecular flexibility index (Phi) is 7.07. The number of hydrogen-bond donors (Lipinski definition) is 0. The fraction of sp³-hybridized carbons (Fsp3) is 0.278. The molecule has 2 aromatic carbocycles. The monoisotopic (exact) mass is 363 g/mol. The molecule has 0 spiro atoms. The van der Waals surface area contributed by atoms with E-state index in [4.69, 9.17) is 18.5 Å². The van der Waals surface area contributed by atoms with Gasteiger partial charge in [0.1, 0.15) is 23.7 Å². The van der Waals surface area contributed by atoms with Crippen LogP contribution in [-0.4, -0.2) is 26.6 Å². The Morgan fingerprint density at radius 3 is 2.12 bits per heavy atom. The first kappa shape index (κ1) is 19.1. The predicted octanol–water partition coefficient (Wildman–Crippen LogP) is 4.34. The molecule has 2 rings (SSSR count). The molecule has 2 aromatic rings. The molecule has 6 nitrogen and oxygen atoms in total. The molecule has 0 fully saturated rings. The van der Waals surface area contributed by atoms with Crippen molar-refractivity contribution in [3.05, 3.63) is 59.7 Å². The Morgan fingerprint density at radius 1 is 1.00 bits per heavy atom. The first-order valence-corrected chi connectivity index (χ1v) is 8.79. The van der Waals surface area contributed by atoms with Crippen LogP contribution >= 0.6 is 8.25 Å². The number of hydrogen-bond acceptors (Lipinski definition) is 6. The summed E-state index contributed by atoms with van der Waals surface area (Å²) < 4.78 is 32.9. The van der Waals surface area contributed by atoms with E-state index in [1.807, 2.05) is 6.07 Å². The third-order valence-corrected chi connectivity index (χ3v) is 4.29. The average Bonchev–Trinajstić information content (AvgIpc) is 2.65. The van der Waals surface area contributed by atoms with Crippen LogP contribution in [-0.2, 0) is 13.6 Å². The van der Waals surface area contributed by atoms with Crippen molar-refractivity contribution in [1.82, 2.24) is 0 Å². The second-order valence-electron chi connectivity index (χ2n) is 4.94. The van der Waals surface area contributed by atoms with Crippen LogP contribution in [0.15, 0.2) is 48.5 Å². The summed E-state index contributed by atoms with van der Waals surface area (Å²) in [4.78, 5) is 13.2. The molecule has 0 amide bonds. The van der Waals surface area contributed by atoms with Crippen molar-refractivity contribution in [2.45, 2.75) is 13.0 Å². The van der Waals surface area contributed by atoms with Crippen LogP contribution in [0.1, 0.15) is 28.9 Å². The molecule has 0 N–H and O–H groups in total. The van der Waals surface area contributed by atoms with E-state index in [0.717, 1.165) is 0 Å². The fourth-order valence-electron chi connectivity index (χ4n) is 2.33. The van der Waals surface area contributed by atoms with Crippen LogP contribution in [0.3, 0.4) is 0 Å². The van der Waals surface area contributed by atoms with Crippen LogP contribution in [0, 0.1) is 0 Å². The lowest BCUT2D eigenvalue weighted by Gasteiger charge is -2.15. The van der Waals surface area contributed by atoms with E-state index >= 15 is 0 Å². The zero-order chi connectivity index (χ0) is 18.2. The lowest BCUT2D eigenvalue weighted by Crippen LogP contribution is -2.16. The van der Waals surface area contributed by atoms with Gasteiger partial charge in [-0.3, -0.25) is 4.79 Å². The van der Waals surface area contributed by atoms with Gasteiger partial charge in [-0.05, 0) is 24.6 Å². The molecular formula is C18H20O6P+. The van der Waals surface area contributed by atoms with Gasteiger partial charge in [0.2, 0.25) is 11.9 Å². The Hall–Kier alpha value is -2.27. The number of methoxy groups -OCH3 is 2. The predicted molar refractivity (Wildman–Crippen MR) is 93.4 cm³/mol. The van der Waals surface area contributed by atoms with Crippen molar-refractivity contribution in [3.63, 3.8) is 0 Å². The minimum atomic E-state index is -2.45. The maximum Gasteiger partial charge on any atom is 0.698 e. The van der Waals surface area contributed by atoms with E-state index in [-0.39, 0.29) is 12.2 Å². The van der Waals surface area contributed by atoms with Gasteiger partial charge >= 0.3 is 8.25 Å². The highest BCUT2D eigenvalue weighted by Crippen LogP contribution is 2.39. The van der Waals surface area contributed by atoms with Crippen LogP contribution in [0.5, 0.6) is 11.5 Å². The summed E-state index contributed by atoms with van der Waals surface area (Å²) >= 11 is 0. The summed E-state index contributed by atoms with van der Waals surface area (Å²) in [5, 5.41) is 0. The quantitative estimate of drug-likeness (QED) is 0.488. The van der Waals surface area contributed by atoms with Gasteiger partial charge in [-0.2, -0.15) is 0 Å². The van der Waals surface area contributed by atoms with E-state index in [9.17, 15) is 9.36 Å². The maximum absolute atomic E-state index is 13.2. The highest BCUT2D eigenvalue weighted by Gasteiger charge is 2.36. The van der Waals surface area contributed by atoms with Gasteiger partial charge in [-0.15, -0.1) is 9.05 Å². The molecule has 2 atom stereocenters. The number of carbonyl (C=O) groups is 1. The number of ketones is 1. The molecule has 0 radical (unpaired) electrons. The van der Waals surface area contributed by atoms with Crippen molar-refractivity contribution < 1.29 is 27.9 Å². The van der Waals surface area contributed by atoms with Crippen molar-refractivity contribution in [2.24, 2.45) is 0 Å². The van der Waals surface area contributed by atoms with Gasteiger partial charge in [-0.25, -0.2) is 0 Å². The minimum Gasteiger partial charge on any atom is -0.496 e. The molecule has 0 aliphatic heterocycles. The normalized spacial score (nSPS) is 12.4. The third kappa shape index (κ3) is 4.63. The van der Waals surface area contributed by atoms with Gasteiger partial charge in [0.15, 0.2) is 0 Å². The second kappa shape index (κ2) is 9.28. The SMILES string of the molecule is CCO[P+](=O)OC(C(=O)c1c(OC)cccc1OC)c1ccccc1. The molecule has 132 valence electrons. The van der Waals surface area contributed by atoms with Crippen LogP contribution in [0.4, 0.5) is 0 Å². The maximum atomic E-state index is 13.2. The summed E-state index contributed by atoms with van der Waals surface area (Å²) in [5.74, 6) is 0.268. The molecule has 0 heterocycles. The van der Waals surface area contributed by atoms with Gasteiger partial charge in [0, 0.05) is 4.57 Å². The molecule has 0 bridgehead atoms. The van der Waals surface area contributed by atoms with E-state index in [2.05, 4.69) is 0 Å². The topological polar surface area (TPSA) is 71.1 Å². The van der Waals surface area contributed by atoms with Gasteiger partial charge in [0.25, 0.3) is 0 Å². The van der Waals surface area contributed by atoms with Crippen LogP contribution in [0.2, 0.25) is 0 Å². The van der Waals surface area contributed by atoms with E-state index in [1.165, 1.54) is 14.2 Å². The van der Waals surface area contributed by atoms with Crippen molar-refractivity contribution >= 4 is 14.0 Å². The summed E-state index contributed by atoms with van der Waals surface area (Å²) in [5.41, 5.74) is 0.782. The number of Topliss-reactive ketones (excluding diaryl/α,β-unsaturated/α-hetero) is 1. The van der Waals surface area contributed by atoms with Gasteiger partial charge in [-0.1, -0.05) is 36.4 Å². The first-order valence-electron chi connectivity index (χ1n) is 7.69.